The number of imide groups is 2. The van der Waals surface area contributed by atoms with Gasteiger partial charge in [-0.05, 0) is 44.1 Å². The van der Waals surface area contributed by atoms with Gasteiger partial charge in [-0.25, -0.2) is 0 Å². The molecule has 1 saturated heterocycles. The van der Waals surface area contributed by atoms with Gasteiger partial charge in [-0.2, -0.15) is 0 Å². The van der Waals surface area contributed by atoms with Crippen LogP contribution in [0.5, 0.6) is 0 Å². The number of fused-ring (bicyclic) bond motifs is 1. The van der Waals surface area contributed by atoms with E-state index in [-0.39, 0.29) is 18.7 Å². The van der Waals surface area contributed by atoms with Crippen molar-refractivity contribution < 1.29 is 19.2 Å². The molecule has 120 valence electrons. The molecule has 2 aliphatic rings. The van der Waals surface area contributed by atoms with Crippen molar-refractivity contribution in [1.82, 2.24) is 15.5 Å². The van der Waals surface area contributed by atoms with Crippen LogP contribution >= 0.6 is 0 Å². The van der Waals surface area contributed by atoms with Crippen LogP contribution in [-0.2, 0) is 16.0 Å². The molecule has 7 nitrogen and oxygen atoms in total. The fraction of sp³-hybridized carbons (Fsp3) is 0.375. The lowest BCUT2D eigenvalue weighted by Crippen LogP contribution is -2.54. The molecule has 0 aromatic heterocycles. The molecular formula is C16H17N3O4. The van der Waals surface area contributed by atoms with E-state index >= 15 is 0 Å². The van der Waals surface area contributed by atoms with E-state index in [1.54, 1.807) is 12.1 Å². The maximum Gasteiger partial charge on any atom is 0.262 e. The Balaban J connectivity index is 1.88. The lowest BCUT2D eigenvalue weighted by atomic mass is 10.0. The van der Waals surface area contributed by atoms with Crippen molar-refractivity contribution in [2.75, 3.05) is 13.6 Å². The van der Waals surface area contributed by atoms with Crippen molar-refractivity contribution in [3.05, 3.63) is 34.9 Å². The Hall–Kier alpha value is -2.54. The minimum Gasteiger partial charge on any atom is -0.319 e. The molecule has 23 heavy (non-hydrogen) atoms. The molecule has 7 heteroatoms. The normalized spacial score (nSPS) is 20.7. The Bertz CT molecular complexity index is 713. The Labute approximate surface area is 133 Å². The average Bonchev–Trinajstić information content (AvgIpc) is 2.77. The Morgan fingerprint density at radius 2 is 1.91 bits per heavy atom. The predicted octanol–water partition coefficient (Wildman–Crippen LogP) is -0.150. The van der Waals surface area contributed by atoms with Gasteiger partial charge in [-0.3, -0.25) is 29.4 Å². The lowest BCUT2D eigenvalue weighted by Gasteiger charge is -2.27. The molecule has 0 aliphatic carbocycles. The number of likely N-dealkylation sites (N-methyl/N-ethyl adjacent to an activating group) is 1. The van der Waals surface area contributed by atoms with Crippen LogP contribution in [-0.4, -0.2) is 48.2 Å². The van der Waals surface area contributed by atoms with Crippen LogP contribution in [0.25, 0.3) is 0 Å². The quantitative estimate of drug-likeness (QED) is 0.753. The molecule has 1 unspecified atom stereocenters. The number of benzene rings is 1. The van der Waals surface area contributed by atoms with Gasteiger partial charge in [0.2, 0.25) is 11.8 Å². The number of amides is 4. The molecule has 2 aliphatic heterocycles. The predicted molar refractivity (Wildman–Crippen MR) is 80.7 cm³/mol. The third-order valence-electron chi connectivity index (χ3n) is 4.17. The molecular weight excluding hydrogens is 298 g/mol. The van der Waals surface area contributed by atoms with Gasteiger partial charge < -0.3 is 5.32 Å². The third kappa shape index (κ3) is 2.63. The van der Waals surface area contributed by atoms with Gasteiger partial charge in [-0.15, -0.1) is 0 Å². The summed E-state index contributed by atoms with van der Waals surface area (Å²) in [6.45, 7) is 0.762. The minimum atomic E-state index is -0.916. The van der Waals surface area contributed by atoms with Gasteiger partial charge in [-0.1, -0.05) is 6.07 Å². The molecule has 0 spiro atoms. The van der Waals surface area contributed by atoms with Crippen molar-refractivity contribution in [3.63, 3.8) is 0 Å². The summed E-state index contributed by atoms with van der Waals surface area (Å²) in [5.74, 6) is -1.91. The van der Waals surface area contributed by atoms with Crippen molar-refractivity contribution in [2.45, 2.75) is 25.3 Å². The van der Waals surface area contributed by atoms with Gasteiger partial charge in [0, 0.05) is 6.42 Å². The summed E-state index contributed by atoms with van der Waals surface area (Å²) in [5.41, 5.74) is 1.59. The van der Waals surface area contributed by atoms with Crippen LogP contribution in [0, 0.1) is 0 Å². The molecule has 0 radical (unpaired) electrons. The Kier molecular flexibility index (Phi) is 3.96. The first-order chi connectivity index (χ1) is 11.0. The molecule has 4 amide bonds. The van der Waals surface area contributed by atoms with Crippen molar-refractivity contribution in [1.29, 1.82) is 0 Å². The molecule has 1 atom stereocenters. The van der Waals surface area contributed by atoms with E-state index in [4.69, 9.17) is 0 Å². The number of carbonyl (C=O) groups excluding carboxylic acids is 4. The van der Waals surface area contributed by atoms with E-state index < -0.39 is 23.8 Å². The van der Waals surface area contributed by atoms with E-state index in [1.807, 2.05) is 13.1 Å². The van der Waals surface area contributed by atoms with Gasteiger partial charge in [0.1, 0.15) is 6.04 Å². The zero-order valence-electron chi connectivity index (χ0n) is 12.7. The summed E-state index contributed by atoms with van der Waals surface area (Å²) in [6.07, 6.45) is 1.03. The van der Waals surface area contributed by atoms with Crippen LogP contribution in [0.1, 0.15) is 39.1 Å². The van der Waals surface area contributed by atoms with E-state index in [9.17, 15) is 19.2 Å². The van der Waals surface area contributed by atoms with Gasteiger partial charge in [0.25, 0.3) is 11.8 Å². The standard InChI is InChI=1S/C16H17N3O4/c1-17-7-6-9-2-3-10-11(8-9)16(23)19(15(10)22)12-4-5-13(20)18-14(12)21/h2-3,8,12,17H,4-7H2,1H3,(H,18,20,21). The number of nitrogens with zero attached hydrogens (tertiary/aromatic N) is 1. The second-order valence-electron chi connectivity index (χ2n) is 5.68. The van der Waals surface area contributed by atoms with E-state index in [1.165, 1.54) is 0 Å². The van der Waals surface area contributed by atoms with Crippen LogP contribution < -0.4 is 10.6 Å². The van der Waals surface area contributed by atoms with E-state index in [0.717, 1.165) is 23.4 Å². The summed E-state index contributed by atoms with van der Waals surface area (Å²) >= 11 is 0. The van der Waals surface area contributed by atoms with Crippen LogP contribution in [0.3, 0.4) is 0 Å². The highest BCUT2D eigenvalue weighted by Gasteiger charge is 2.44. The van der Waals surface area contributed by atoms with Crippen LogP contribution in [0.15, 0.2) is 18.2 Å². The van der Waals surface area contributed by atoms with Crippen molar-refractivity contribution >= 4 is 23.6 Å². The minimum absolute atomic E-state index is 0.122. The molecule has 0 saturated carbocycles. The summed E-state index contributed by atoms with van der Waals surface area (Å²) in [6, 6.07) is 4.24. The maximum absolute atomic E-state index is 12.6. The van der Waals surface area contributed by atoms with Crippen LogP contribution in [0.2, 0.25) is 0 Å². The van der Waals surface area contributed by atoms with E-state index in [0.29, 0.717) is 11.1 Å². The monoisotopic (exact) mass is 315 g/mol. The molecule has 1 aromatic rings. The number of piperidine rings is 1. The number of hydrogen-bond acceptors (Lipinski definition) is 5. The smallest absolute Gasteiger partial charge is 0.262 e. The first-order valence-electron chi connectivity index (χ1n) is 7.52. The zero-order valence-corrected chi connectivity index (χ0v) is 12.7. The highest BCUT2D eigenvalue weighted by atomic mass is 16.2. The molecule has 1 aromatic carbocycles. The average molecular weight is 315 g/mol. The summed E-state index contributed by atoms with van der Waals surface area (Å²) < 4.78 is 0. The summed E-state index contributed by atoms with van der Waals surface area (Å²) in [7, 11) is 1.84. The second-order valence-corrected chi connectivity index (χ2v) is 5.68. The fourth-order valence-electron chi connectivity index (χ4n) is 2.94. The largest absolute Gasteiger partial charge is 0.319 e. The van der Waals surface area contributed by atoms with Crippen molar-refractivity contribution in [2.24, 2.45) is 0 Å². The number of rotatable bonds is 4. The second kappa shape index (κ2) is 5.92. The Morgan fingerprint density at radius 3 is 2.61 bits per heavy atom. The molecule has 3 rings (SSSR count). The highest BCUT2D eigenvalue weighted by Crippen LogP contribution is 2.28. The SMILES string of the molecule is CNCCc1ccc2c(c1)C(=O)N(C1CCC(=O)NC1=O)C2=O. The van der Waals surface area contributed by atoms with Crippen LogP contribution in [0.4, 0.5) is 0 Å². The first kappa shape index (κ1) is 15.4. The first-order valence-corrected chi connectivity index (χ1v) is 7.52. The third-order valence-corrected chi connectivity index (χ3v) is 4.17. The number of nitrogens with one attached hydrogen (secondary N) is 2. The summed E-state index contributed by atoms with van der Waals surface area (Å²) in [4.78, 5) is 49.2. The number of hydrogen-bond donors (Lipinski definition) is 2. The number of carbonyl (C=O) groups is 4. The molecule has 0 bridgehead atoms. The molecule has 1 fully saturated rings. The molecule has 2 heterocycles. The maximum atomic E-state index is 12.6. The van der Waals surface area contributed by atoms with E-state index in [2.05, 4.69) is 10.6 Å². The Morgan fingerprint density at radius 1 is 1.17 bits per heavy atom. The lowest BCUT2D eigenvalue weighted by molar-refractivity contribution is -0.136. The van der Waals surface area contributed by atoms with Crippen molar-refractivity contribution in [3.8, 4) is 0 Å². The zero-order chi connectivity index (χ0) is 16.6. The highest BCUT2D eigenvalue weighted by molar-refractivity contribution is 6.23. The summed E-state index contributed by atoms with van der Waals surface area (Å²) in [5, 5.41) is 5.21. The van der Waals surface area contributed by atoms with Gasteiger partial charge in [0.15, 0.2) is 0 Å². The van der Waals surface area contributed by atoms with Gasteiger partial charge in [0.05, 0.1) is 11.1 Å². The topological polar surface area (TPSA) is 95.6 Å². The van der Waals surface area contributed by atoms with Gasteiger partial charge >= 0.3 is 0 Å². The fourth-order valence-corrected chi connectivity index (χ4v) is 2.94. The molecule has 2 N–H and O–H groups in total.